The van der Waals surface area contributed by atoms with Crippen LogP contribution in [0.25, 0.3) is 0 Å². The highest BCUT2D eigenvalue weighted by Gasteiger charge is 2.17. The predicted octanol–water partition coefficient (Wildman–Crippen LogP) is 4.63. The van der Waals surface area contributed by atoms with Crippen molar-refractivity contribution in [2.45, 2.75) is 9.79 Å². The molecule has 4 aromatic carbocycles. The molecule has 0 unspecified atom stereocenters. The summed E-state index contributed by atoms with van der Waals surface area (Å²) >= 11 is 1.40. The summed E-state index contributed by atoms with van der Waals surface area (Å²) in [5.74, 6) is -0.348. The van der Waals surface area contributed by atoms with Crippen molar-refractivity contribution in [1.29, 1.82) is 0 Å². The summed E-state index contributed by atoms with van der Waals surface area (Å²) in [6.07, 6.45) is 0. The van der Waals surface area contributed by atoms with Crippen molar-refractivity contribution < 1.29 is 9.59 Å². The summed E-state index contributed by atoms with van der Waals surface area (Å²) in [6, 6.07) is 24.2. The quantitative estimate of drug-likeness (QED) is 0.246. The van der Waals surface area contributed by atoms with Gasteiger partial charge in [0.15, 0.2) is 11.6 Å². The molecule has 7 heteroatoms. The van der Waals surface area contributed by atoms with Crippen molar-refractivity contribution in [3.63, 3.8) is 0 Å². The minimum atomic E-state index is -0.243. The van der Waals surface area contributed by atoms with Crippen molar-refractivity contribution >= 4 is 46.1 Å². The Hall–Kier alpha value is -4.23. The summed E-state index contributed by atoms with van der Waals surface area (Å²) < 4.78 is 0. The SMILES string of the molecule is Nc1cccc(C(=O)c2ccc(Sc3ccc(C(=O)c4cccc(N)c4)c(N)c3N)cc2)c1. The maximum Gasteiger partial charge on any atom is 0.195 e. The van der Waals surface area contributed by atoms with E-state index in [1.807, 2.05) is 12.1 Å². The van der Waals surface area contributed by atoms with Gasteiger partial charge in [-0.25, -0.2) is 0 Å². The number of carbonyl (C=O) groups is 2. The first-order chi connectivity index (χ1) is 15.8. The van der Waals surface area contributed by atoms with E-state index >= 15 is 0 Å². The van der Waals surface area contributed by atoms with Gasteiger partial charge in [-0.1, -0.05) is 36.0 Å². The van der Waals surface area contributed by atoms with Crippen LogP contribution in [-0.4, -0.2) is 11.6 Å². The second-order valence-corrected chi connectivity index (χ2v) is 8.59. The zero-order valence-electron chi connectivity index (χ0n) is 17.6. The number of anilines is 4. The Morgan fingerprint density at radius 2 is 1.15 bits per heavy atom. The smallest absolute Gasteiger partial charge is 0.195 e. The summed E-state index contributed by atoms with van der Waals surface area (Å²) in [5.41, 5.74) is 27.5. The molecule has 33 heavy (non-hydrogen) atoms. The van der Waals surface area contributed by atoms with Gasteiger partial charge < -0.3 is 22.9 Å². The highest BCUT2D eigenvalue weighted by atomic mass is 32.2. The van der Waals surface area contributed by atoms with Crippen molar-refractivity contribution in [1.82, 2.24) is 0 Å². The van der Waals surface area contributed by atoms with Gasteiger partial charge in [-0.3, -0.25) is 9.59 Å². The predicted molar refractivity (Wildman–Crippen MR) is 134 cm³/mol. The Kier molecular flexibility index (Phi) is 6.06. The maximum absolute atomic E-state index is 12.8. The first kappa shape index (κ1) is 22.0. The van der Waals surface area contributed by atoms with Crippen LogP contribution in [0.5, 0.6) is 0 Å². The van der Waals surface area contributed by atoms with Gasteiger partial charge in [0.1, 0.15) is 0 Å². The van der Waals surface area contributed by atoms with Gasteiger partial charge in [0.2, 0.25) is 0 Å². The summed E-state index contributed by atoms with van der Waals surface area (Å²) in [4.78, 5) is 27.1. The fourth-order valence-corrected chi connectivity index (χ4v) is 4.27. The summed E-state index contributed by atoms with van der Waals surface area (Å²) in [5, 5.41) is 0. The van der Waals surface area contributed by atoms with Gasteiger partial charge in [-0.15, -0.1) is 0 Å². The Bertz CT molecular complexity index is 1370. The molecule has 8 N–H and O–H groups in total. The van der Waals surface area contributed by atoms with Gasteiger partial charge in [-0.2, -0.15) is 0 Å². The van der Waals surface area contributed by atoms with Crippen LogP contribution in [0, 0.1) is 0 Å². The Morgan fingerprint density at radius 3 is 1.73 bits per heavy atom. The topological polar surface area (TPSA) is 138 Å². The number of hydrogen-bond acceptors (Lipinski definition) is 7. The van der Waals surface area contributed by atoms with E-state index in [1.54, 1.807) is 72.8 Å². The van der Waals surface area contributed by atoms with E-state index in [4.69, 9.17) is 22.9 Å². The maximum atomic E-state index is 12.8. The third-order valence-electron chi connectivity index (χ3n) is 5.13. The second-order valence-electron chi connectivity index (χ2n) is 7.47. The van der Waals surface area contributed by atoms with Crippen molar-refractivity contribution in [2.75, 3.05) is 22.9 Å². The lowest BCUT2D eigenvalue weighted by molar-refractivity contribution is 0.103. The van der Waals surface area contributed by atoms with Gasteiger partial charge in [-0.05, 0) is 60.7 Å². The molecule has 6 nitrogen and oxygen atoms in total. The molecule has 0 heterocycles. The third-order valence-corrected chi connectivity index (χ3v) is 6.22. The number of benzene rings is 4. The number of ketones is 2. The minimum absolute atomic E-state index is 0.105. The van der Waals surface area contributed by atoms with Crippen LogP contribution < -0.4 is 22.9 Å². The van der Waals surface area contributed by atoms with E-state index in [1.165, 1.54) is 11.8 Å². The van der Waals surface area contributed by atoms with Crippen LogP contribution in [0.3, 0.4) is 0 Å². The Morgan fingerprint density at radius 1 is 0.576 bits per heavy atom. The van der Waals surface area contributed by atoms with Gasteiger partial charge in [0.25, 0.3) is 0 Å². The van der Waals surface area contributed by atoms with E-state index in [0.717, 1.165) is 4.90 Å². The second kappa shape index (κ2) is 9.10. The average molecular weight is 455 g/mol. The molecular weight excluding hydrogens is 432 g/mol. The first-order valence-electron chi connectivity index (χ1n) is 10.1. The molecule has 0 aliphatic rings. The van der Waals surface area contributed by atoms with Crippen LogP contribution in [0.1, 0.15) is 31.8 Å². The molecule has 0 amide bonds. The molecule has 0 atom stereocenters. The molecule has 164 valence electrons. The lowest BCUT2D eigenvalue weighted by atomic mass is 10.0. The zero-order valence-corrected chi connectivity index (χ0v) is 18.4. The molecule has 0 aromatic heterocycles. The molecule has 4 rings (SSSR count). The average Bonchev–Trinajstić information content (AvgIpc) is 2.82. The standard InChI is InChI=1S/C26H22N4O2S/c27-18-5-1-3-16(13-18)25(31)15-7-9-20(10-8-15)33-22-12-11-21(23(29)24(22)30)26(32)17-4-2-6-19(28)14-17/h1-14H,27-30H2. The first-order valence-corrected chi connectivity index (χ1v) is 10.9. The Labute approximate surface area is 195 Å². The van der Waals surface area contributed by atoms with Crippen LogP contribution in [0.2, 0.25) is 0 Å². The van der Waals surface area contributed by atoms with Gasteiger partial charge in [0, 0.05) is 43.4 Å². The lowest BCUT2D eigenvalue weighted by Gasteiger charge is -2.12. The third kappa shape index (κ3) is 4.68. The van der Waals surface area contributed by atoms with Crippen LogP contribution >= 0.6 is 11.8 Å². The molecular formula is C26H22N4O2S. The monoisotopic (exact) mass is 454 g/mol. The number of carbonyl (C=O) groups excluding carboxylic acids is 2. The fourth-order valence-electron chi connectivity index (χ4n) is 3.39. The zero-order chi connectivity index (χ0) is 23.5. The van der Waals surface area contributed by atoms with Crippen molar-refractivity contribution in [2.24, 2.45) is 0 Å². The van der Waals surface area contributed by atoms with E-state index < -0.39 is 0 Å². The summed E-state index contributed by atoms with van der Waals surface area (Å²) in [7, 11) is 0. The lowest BCUT2D eigenvalue weighted by Crippen LogP contribution is -2.08. The van der Waals surface area contributed by atoms with Crippen LogP contribution in [0.4, 0.5) is 22.7 Å². The number of hydrogen-bond donors (Lipinski definition) is 4. The molecule has 0 aliphatic heterocycles. The molecule has 0 radical (unpaired) electrons. The summed E-state index contributed by atoms with van der Waals surface area (Å²) in [6.45, 7) is 0. The molecule has 0 fully saturated rings. The molecule has 0 aliphatic carbocycles. The van der Waals surface area contributed by atoms with E-state index in [-0.39, 0.29) is 17.3 Å². The molecule has 0 saturated heterocycles. The van der Waals surface area contributed by atoms with Gasteiger partial charge >= 0.3 is 0 Å². The molecule has 0 spiro atoms. The van der Waals surface area contributed by atoms with Crippen LogP contribution in [0.15, 0.2) is 94.7 Å². The minimum Gasteiger partial charge on any atom is -0.399 e. The normalized spacial score (nSPS) is 10.7. The van der Waals surface area contributed by atoms with Crippen molar-refractivity contribution in [3.8, 4) is 0 Å². The molecule has 0 bridgehead atoms. The molecule has 0 saturated carbocycles. The fraction of sp³-hybridized carbons (Fsp3) is 0. The molecule has 4 aromatic rings. The highest BCUT2D eigenvalue weighted by molar-refractivity contribution is 7.99. The van der Waals surface area contributed by atoms with E-state index in [9.17, 15) is 9.59 Å². The van der Waals surface area contributed by atoms with Gasteiger partial charge in [0.05, 0.1) is 11.4 Å². The van der Waals surface area contributed by atoms with Crippen LogP contribution in [-0.2, 0) is 0 Å². The van der Waals surface area contributed by atoms with E-state index in [2.05, 4.69) is 0 Å². The largest absolute Gasteiger partial charge is 0.399 e. The number of rotatable bonds is 6. The van der Waals surface area contributed by atoms with E-state index in [0.29, 0.717) is 44.2 Å². The Balaban J connectivity index is 1.54. The highest BCUT2D eigenvalue weighted by Crippen LogP contribution is 2.37. The number of nitrogens with two attached hydrogens (primary N) is 4. The van der Waals surface area contributed by atoms with Crippen molar-refractivity contribution in [3.05, 3.63) is 107 Å². The number of nitrogen functional groups attached to an aromatic ring is 4.